The molecule has 6 nitrogen and oxygen atoms in total. The standard InChI is InChI=1S/C22H27ClN2O4S/c1-15-4-5-16(2)21(14-15)30(27,28)24-19-10-12-25(13-11-19)22(26)17(3)29-20-8-6-18(23)7-9-20/h4-9,14,17,19,24H,10-13H2,1-3H3. The Hall–Kier alpha value is -2.09. The summed E-state index contributed by atoms with van der Waals surface area (Å²) in [5, 5.41) is 0.603. The molecule has 0 bridgehead atoms. The molecule has 0 aromatic heterocycles. The number of aryl methyl sites for hydroxylation is 2. The van der Waals surface area contributed by atoms with Gasteiger partial charge in [0.25, 0.3) is 5.91 Å². The van der Waals surface area contributed by atoms with Gasteiger partial charge >= 0.3 is 0 Å². The predicted octanol–water partition coefficient (Wildman–Crippen LogP) is 3.69. The fraction of sp³-hybridized carbons (Fsp3) is 0.409. The molecular weight excluding hydrogens is 424 g/mol. The number of ether oxygens (including phenoxy) is 1. The van der Waals surface area contributed by atoms with Crippen molar-refractivity contribution in [2.75, 3.05) is 13.1 Å². The first-order chi connectivity index (χ1) is 14.2. The lowest BCUT2D eigenvalue weighted by molar-refractivity contribution is -0.139. The molecule has 2 aromatic rings. The first-order valence-electron chi connectivity index (χ1n) is 9.96. The Balaban J connectivity index is 1.55. The van der Waals surface area contributed by atoms with Crippen LogP contribution in [0.4, 0.5) is 0 Å². The van der Waals surface area contributed by atoms with Gasteiger partial charge in [-0.2, -0.15) is 0 Å². The molecule has 0 saturated carbocycles. The molecule has 0 radical (unpaired) electrons. The normalized spacial score (nSPS) is 16.3. The second-order valence-corrected chi connectivity index (χ2v) is 9.82. The summed E-state index contributed by atoms with van der Waals surface area (Å²) in [5.74, 6) is 0.470. The van der Waals surface area contributed by atoms with E-state index in [2.05, 4.69) is 4.72 Å². The summed E-state index contributed by atoms with van der Waals surface area (Å²) in [5.41, 5.74) is 1.62. The van der Waals surface area contributed by atoms with E-state index in [0.717, 1.165) is 5.56 Å². The van der Waals surface area contributed by atoms with Crippen molar-refractivity contribution in [2.24, 2.45) is 0 Å². The van der Waals surface area contributed by atoms with Gasteiger partial charge in [-0.1, -0.05) is 23.7 Å². The average molecular weight is 451 g/mol. The molecule has 1 saturated heterocycles. The quantitative estimate of drug-likeness (QED) is 0.728. The van der Waals surface area contributed by atoms with E-state index in [-0.39, 0.29) is 11.9 Å². The van der Waals surface area contributed by atoms with E-state index in [1.165, 1.54) is 0 Å². The van der Waals surface area contributed by atoms with Crippen LogP contribution in [0.15, 0.2) is 47.4 Å². The van der Waals surface area contributed by atoms with Crippen LogP contribution in [0.3, 0.4) is 0 Å². The first-order valence-corrected chi connectivity index (χ1v) is 11.8. The molecule has 162 valence electrons. The van der Waals surface area contributed by atoms with Gasteiger partial charge < -0.3 is 9.64 Å². The maximum atomic E-state index is 12.8. The number of benzene rings is 2. The molecule has 0 aliphatic carbocycles. The maximum absolute atomic E-state index is 12.8. The van der Waals surface area contributed by atoms with Crippen LogP contribution in [0.25, 0.3) is 0 Å². The van der Waals surface area contributed by atoms with Crippen molar-refractivity contribution in [1.82, 2.24) is 9.62 Å². The van der Waals surface area contributed by atoms with Crippen LogP contribution in [0.2, 0.25) is 5.02 Å². The third-order valence-corrected chi connectivity index (χ3v) is 7.15. The van der Waals surface area contributed by atoms with Crippen molar-refractivity contribution in [3.8, 4) is 5.75 Å². The van der Waals surface area contributed by atoms with Crippen LogP contribution in [-0.2, 0) is 14.8 Å². The number of nitrogens with zero attached hydrogens (tertiary/aromatic N) is 1. The van der Waals surface area contributed by atoms with Crippen LogP contribution in [-0.4, -0.2) is 44.5 Å². The minimum Gasteiger partial charge on any atom is -0.481 e. The Bertz CT molecular complexity index is 1000. The number of sulfonamides is 1. The molecule has 1 fully saturated rings. The molecule has 1 amide bonds. The second kappa shape index (κ2) is 9.37. The Kier molecular flexibility index (Phi) is 7.06. The molecule has 1 unspecified atom stereocenters. The molecule has 0 spiro atoms. The number of nitrogens with one attached hydrogen (secondary N) is 1. The topological polar surface area (TPSA) is 75.7 Å². The lowest BCUT2D eigenvalue weighted by Gasteiger charge is -2.33. The van der Waals surface area contributed by atoms with Crippen molar-refractivity contribution in [3.63, 3.8) is 0 Å². The molecule has 1 aliphatic rings. The zero-order valence-corrected chi connectivity index (χ0v) is 19.0. The second-order valence-electron chi connectivity index (χ2n) is 7.70. The molecule has 1 aliphatic heterocycles. The zero-order chi connectivity index (χ0) is 21.9. The molecular formula is C22H27ClN2O4S. The Labute approximate surface area is 183 Å². The Morgan fingerprint density at radius 2 is 1.77 bits per heavy atom. The summed E-state index contributed by atoms with van der Waals surface area (Å²) < 4.78 is 34.1. The summed E-state index contributed by atoms with van der Waals surface area (Å²) >= 11 is 5.87. The monoisotopic (exact) mass is 450 g/mol. The van der Waals surface area contributed by atoms with Gasteiger partial charge in [0.2, 0.25) is 10.0 Å². The molecule has 1 heterocycles. The fourth-order valence-corrected chi connectivity index (χ4v) is 5.28. The number of rotatable bonds is 6. The molecule has 8 heteroatoms. The van der Waals surface area contributed by atoms with Gasteiger partial charge in [0.05, 0.1) is 4.90 Å². The van der Waals surface area contributed by atoms with E-state index in [4.69, 9.17) is 16.3 Å². The third kappa shape index (κ3) is 5.53. The van der Waals surface area contributed by atoms with Crippen molar-refractivity contribution >= 4 is 27.5 Å². The predicted molar refractivity (Wildman–Crippen MR) is 117 cm³/mol. The highest BCUT2D eigenvalue weighted by atomic mass is 35.5. The summed E-state index contributed by atoms with van der Waals surface area (Å²) in [7, 11) is -3.60. The third-order valence-electron chi connectivity index (χ3n) is 5.24. The van der Waals surface area contributed by atoms with Crippen molar-refractivity contribution < 1.29 is 17.9 Å². The molecule has 30 heavy (non-hydrogen) atoms. The van der Waals surface area contributed by atoms with Gasteiger partial charge in [-0.05, 0) is 75.1 Å². The Morgan fingerprint density at radius 3 is 2.40 bits per heavy atom. The van der Waals surface area contributed by atoms with Gasteiger partial charge in [0.15, 0.2) is 6.10 Å². The van der Waals surface area contributed by atoms with Crippen molar-refractivity contribution in [1.29, 1.82) is 0 Å². The number of halogens is 1. The van der Waals surface area contributed by atoms with Gasteiger partial charge in [0, 0.05) is 24.2 Å². The smallest absolute Gasteiger partial charge is 0.263 e. The van der Waals surface area contributed by atoms with E-state index in [9.17, 15) is 13.2 Å². The van der Waals surface area contributed by atoms with Crippen LogP contribution >= 0.6 is 11.6 Å². The van der Waals surface area contributed by atoms with Gasteiger partial charge in [-0.25, -0.2) is 13.1 Å². The average Bonchev–Trinajstić information content (AvgIpc) is 2.71. The highest BCUT2D eigenvalue weighted by Crippen LogP contribution is 2.21. The van der Waals surface area contributed by atoms with Crippen LogP contribution < -0.4 is 9.46 Å². The van der Waals surface area contributed by atoms with Gasteiger partial charge in [0.1, 0.15) is 5.75 Å². The molecule has 2 aromatic carbocycles. The number of amides is 1. The van der Waals surface area contributed by atoms with Gasteiger partial charge in [-0.15, -0.1) is 0 Å². The van der Waals surface area contributed by atoms with Crippen LogP contribution in [0, 0.1) is 13.8 Å². The summed E-state index contributed by atoms with van der Waals surface area (Å²) in [6.07, 6.45) is 0.488. The maximum Gasteiger partial charge on any atom is 0.263 e. The molecule has 3 rings (SSSR count). The van der Waals surface area contributed by atoms with E-state index in [1.54, 1.807) is 49.1 Å². The number of piperidine rings is 1. The minimum atomic E-state index is -3.60. The van der Waals surface area contributed by atoms with Crippen LogP contribution in [0.5, 0.6) is 5.75 Å². The van der Waals surface area contributed by atoms with E-state index in [0.29, 0.717) is 47.2 Å². The Morgan fingerprint density at radius 1 is 1.13 bits per heavy atom. The van der Waals surface area contributed by atoms with Crippen molar-refractivity contribution in [3.05, 3.63) is 58.6 Å². The number of carbonyl (C=O) groups is 1. The molecule has 1 atom stereocenters. The highest BCUT2D eigenvalue weighted by Gasteiger charge is 2.29. The number of carbonyl (C=O) groups excluding carboxylic acids is 1. The summed E-state index contributed by atoms with van der Waals surface area (Å²) in [6, 6.07) is 12.1. The zero-order valence-electron chi connectivity index (χ0n) is 17.4. The lowest BCUT2D eigenvalue weighted by Crippen LogP contribution is -2.49. The highest BCUT2D eigenvalue weighted by molar-refractivity contribution is 7.89. The number of likely N-dealkylation sites (tertiary alicyclic amines) is 1. The fourth-order valence-electron chi connectivity index (χ4n) is 3.52. The summed E-state index contributed by atoms with van der Waals surface area (Å²) in [6.45, 7) is 6.33. The summed E-state index contributed by atoms with van der Waals surface area (Å²) in [4.78, 5) is 14.7. The minimum absolute atomic E-state index is 0.110. The van der Waals surface area contributed by atoms with Crippen molar-refractivity contribution in [2.45, 2.75) is 50.7 Å². The molecule has 1 N–H and O–H groups in total. The SMILES string of the molecule is Cc1ccc(C)c(S(=O)(=O)NC2CCN(C(=O)C(C)Oc3ccc(Cl)cc3)CC2)c1. The lowest BCUT2D eigenvalue weighted by atomic mass is 10.1. The number of hydrogen-bond donors (Lipinski definition) is 1. The first kappa shape index (κ1) is 22.6. The number of hydrogen-bond acceptors (Lipinski definition) is 4. The van der Waals surface area contributed by atoms with E-state index >= 15 is 0 Å². The van der Waals surface area contributed by atoms with Gasteiger partial charge in [-0.3, -0.25) is 4.79 Å². The van der Waals surface area contributed by atoms with Crippen LogP contribution in [0.1, 0.15) is 30.9 Å². The van der Waals surface area contributed by atoms with E-state index in [1.807, 2.05) is 19.1 Å². The van der Waals surface area contributed by atoms with E-state index < -0.39 is 16.1 Å². The largest absolute Gasteiger partial charge is 0.481 e.